The number of primary amides is 1. The molecule has 10 nitrogen and oxygen atoms in total. The number of benzene rings is 2. The van der Waals surface area contributed by atoms with Crippen LogP contribution in [0.3, 0.4) is 0 Å². The molecular formula is C26H31N5O5S. The van der Waals surface area contributed by atoms with Gasteiger partial charge in [-0.3, -0.25) is 14.4 Å². The largest absolute Gasteiger partial charge is 0.504 e. The summed E-state index contributed by atoms with van der Waals surface area (Å²) in [6.45, 7) is 4.55. The van der Waals surface area contributed by atoms with E-state index in [1.807, 2.05) is 44.2 Å². The highest BCUT2D eigenvalue weighted by atomic mass is 32.1. The molecule has 2 aromatic carbocycles. The van der Waals surface area contributed by atoms with Gasteiger partial charge in [-0.25, -0.2) is 0 Å². The summed E-state index contributed by atoms with van der Waals surface area (Å²) in [6.07, 6.45) is 0.744. The number of phenols is 1. The highest BCUT2D eigenvalue weighted by Gasteiger charge is 2.35. The molecule has 3 aromatic rings. The first-order chi connectivity index (χ1) is 17.6. The van der Waals surface area contributed by atoms with E-state index in [9.17, 15) is 19.5 Å². The Morgan fingerprint density at radius 3 is 2.46 bits per heavy atom. The van der Waals surface area contributed by atoms with Crippen LogP contribution >= 0.6 is 11.5 Å². The van der Waals surface area contributed by atoms with Crippen LogP contribution in [0.2, 0.25) is 0 Å². The fourth-order valence-corrected chi connectivity index (χ4v) is 4.50. The Kier molecular flexibility index (Phi) is 9.07. The second kappa shape index (κ2) is 12.2. The van der Waals surface area contributed by atoms with Gasteiger partial charge in [0.1, 0.15) is 10.9 Å². The Hall–Kier alpha value is -4.12. The number of ether oxygens (including phenoxy) is 1. The summed E-state index contributed by atoms with van der Waals surface area (Å²) >= 11 is 0.744. The number of nitrogens with two attached hydrogens (primary N) is 2. The average Bonchev–Trinajstić information content (AvgIpc) is 3.26. The number of phenolic OH excluding ortho intramolecular Hbond substituents is 1. The molecule has 0 aliphatic carbocycles. The molecule has 3 rings (SSSR count). The molecule has 1 aromatic heterocycles. The Bertz CT molecular complexity index is 1260. The Balaban J connectivity index is 2.13. The minimum absolute atomic E-state index is 0.00421. The number of hydrogen-bond acceptors (Lipinski definition) is 8. The lowest BCUT2D eigenvalue weighted by Crippen LogP contribution is -2.43. The summed E-state index contributed by atoms with van der Waals surface area (Å²) in [5.41, 5.74) is 12.3. The first kappa shape index (κ1) is 27.5. The van der Waals surface area contributed by atoms with E-state index in [-0.39, 0.29) is 34.3 Å². The lowest BCUT2D eigenvalue weighted by Gasteiger charge is -2.31. The first-order valence-corrected chi connectivity index (χ1v) is 12.5. The van der Waals surface area contributed by atoms with Gasteiger partial charge in [0.15, 0.2) is 17.2 Å². The molecule has 0 fully saturated rings. The molecule has 0 radical (unpaired) electrons. The molecule has 0 aliphatic rings. The van der Waals surface area contributed by atoms with Crippen LogP contribution in [0.1, 0.15) is 57.6 Å². The number of aromatic nitrogens is 1. The predicted molar refractivity (Wildman–Crippen MR) is 141 cm³/mol. The lowest BCUT2D eigenvalue weighted by molar-refractivity contribution is -0.126. The number of nitrogens with one attached hydrogen (secondary N) is 1. The number of nitrogen functional groups attached to an aromatic ring is 1. The van der Waals surface area contributed by atoms with Crippen LogP contribution in [-0.2, 0) is 11.3 Å². The van der Waals surface area contributed by atoms with Crippen LogP contribution in [0.5, 0.6) is 11.5 Å². The van der Waals surface area contributed by atoms with Crippen molar-refractivity contribution >= 4 is 34.9 Å². The van der Waals surface area contributed by atoms with E-state index in [0.717, 1.165) is 23.5 Å². The van der Waals surface area contributed by atoms with Crippen LogP contribution in [0.25, 0.3) is 0 Å². The van der Waals surface area contributed by atoms with Gasteiger partial charge in [0.2, 0.25) is 5.91 Å². The molecule has 0 saturated carbocycles. The third-order valence-electron chi connectivity index (χ3n) is 5.71. The first-order valence-electron chi connectivity index (χ1n) is 11.7. The summed E-state index contributed by atoms with van der Waals surface area (Å²) in [4.78, 5) is 40.7. The summed E-state index contributed by atoms with van der Waals surface area (Å²) < 4.78 is 9.21. The fourth-order valence-electron chi connectivity index (χ4n) is 3.74. The van der Waals surface area contributed by atoms with Gasteiger partial charge in [-0.1, -0.05) is 50.2 Å². The molecule has 0 bridgehead atoms. The predicted octanol–water partition coefficient (Wildman–Crippen LogP) is 3.08. The van der Waals surface area contributed by atoms with E-state index >= 15 is 0 Å². The SMILES string of the molecule is COc1cc([C@@H](C(=O)NCCC(C)C)N(Cc2ccccc2)C(=O)c2snc(C(N)=O)c2N)ccc1O. The van der Waals surface area contributed by atoms with Crippen molar-refractivity contribution in [2.75, 3.05) is 19.4 Å². The maximum atomic E-state index is 13.9. The fraction of sp³-hybridized carbons (Fsp3) is 0.308. The van der Waals surface area contributed by atoms with E-state index in [1.165, 1.54) is 24.1 Å². The van der Waals surface area contributed by atoms with Crippen molar-refractivity contribution in [2.24, 2.45) is 11.7 Å². The molecule has 3 amide bonds. The van der Waals surface area contributed by atoms with Crippen LogP contribution in [0.15, 0.2) is 48.5 Å². The summed E-state index contributed by atoms with van der Waals surface area (Å²) in [6, 6.07) is 12.5. The number of methoxy groups -OCH3 is 1. The van der Waals surface area contributed by atoms with Crippen molar-refractivity contribution in [3.8, 4) is 11.5 Å². The molecule has 1 heterocycles. The molecule has 1 atom stereocenters. The standard InChI is InChI=1S/C26H31N5O5S/c1-15(2)11-12-29-25(34)22(17-9-10-18(32)19(13-17)36-3)31(14-16-7-5-4-6-8-16)26(35)23-20(27)21(24(28)33)30-37-23/h4-10,13,15,22,32H,11-12,14,27H2,1-3H3,(H2,28,33)(H,29,34)/t22-/m0/s1. The summed E-state index contributed by atoms with van der Waals surface area (Å²) in [7, 11) is 1.40. The van der Waals surface area contributed by atoms with E-state index in [0.29, 0.717) is 18.0 Å². The summed E-state index contributed by atoms with van der Waals surface area (Å²) in [5.74, 6) is -1.47. The maximum absolute atomic E-state index is 13.9. The van der Waals surface area contributed by atoms with Gasteiger partial charge in [-0.2, -0.15) is 4.37 Å². The van der Waals surface area contributed by atoms with Crippen molar-refractivity contribution in [1.82, 2.24) is 14.6 Å². The van der Waals surface area contributed by atoms with Gasteiger partial charge >= 0.3 is 0 Å². The highest BCUT2D eigenvalue weighted by Crippen LogP contribution is 2.34. The Labute approximate surface area is 219 Å². The number of anilines is 1. The molecular weight excluding hydrogens is 494 g/mol. The topological polar surface area (TPSA) is 161 Å². The number of nitrogens with zero attached hydrogens (tertiary/aromatic N) is 2. The highest BCUT2D eigenvalue weighted by molar-refractivity contribution is 7.09. The quantitative estimate of drug-likeness (QED) is 0.299. The average molecular weight is 526 g/mol. The zero-order chi connectivity index (χ0) is 27.1. The number of aromatic hydroxyl groups is 1. The van der Waals surface area contributed by atoms with Crippen LogP contribution in [-0.4, -0.2) is 45.8 Å². The molecule has 0 unspecified atom stereocenters. The minimum atomic E-state index is -1.12. The number of hydrogen-bond donors (Lipinski definition) is 4. The van der Waals surface area contributed by atoms with Crippen molar-refractivity contribution < 1.29 is 24.2 Å². The van der Waals surface area contributed by atoms with Crippen LogP contribution in [0.4, 0.5) is 5.69 Å². The van der Waals surface area contributed by atoms with Crippen molar-refractivity contribution in [3.05, 3.63) is 70.2 Å². The normalized spacial score (nSPS) is 11.7. The lowest BCUT2D eigenvalue weighted by atomic mass is 10.0. The van der Waals surface area contributed by atoms with Crippen molar-refractivity contribution in [3.63, 3.8) is 0 Å². The van der Waals surface area contributed by atoms with E-state index in [2.05, 4.69) is 9.69 Å². The number of carbonyl (C=O) groups excluding carboxylic acids is 3. The molecule has 0 saturated heterocycles. The molecule has 0 aliphatic heterocycles. The zero-order valence-corrected chi connectivity index (χ0v) is 21.7. The molecule has 196 valence electrons. The maximum Gasteiger partial charge on any atom is 0.270 e. The Morgan fingerprint density at radius 1 is 1.16 bits per heavy atom. The van der Waals surface area contributed by atoms with Crippen molar-refractivity contribution in [1.29, 1.82) is 0 Å². The van der Waals surface area contributed by atoms with Gasteiger partial charge in [0, 0.05) is 13.1 Å². The van der Waals surface area contributed by atoms with Crippen LogP contribution in [0, 0.1) is 5.92 Å². The molecule has 37 heavy (non-hydrogen) atoms. The molecule has 0 spiro atoms. The zero-order valence-electron chi connectivity index (χ0n) is 20.9. The molecule has 6 N–H and O–H groups in total. The number of carbonyl (C=O) groups is 3. The smallest absolute Gasteiger partial charge is 0.270 e. The minimum Gasteiger partial charge on any atom is -0.504 e. The van der Waals surface area contributed by atoms with Gasteiger partial charge in [-0.15, -0.1) is 0 Å². The third kappa shape index (κ3) is 6.56. The molecule has 11 heteroatoms. The van der Waals surface area contributed by atoms with Gasteiger partial charge in [0.25, 0.3) is 11.8 Å². The summed E-state index contributed by atoms with van der Waals surface area (Å²) in [5, 5.41) is 13.1. The van der Waals surface area contributed by atoms with Gasteiger partial charge in [-0.05, 0) is 47.1 Å². The second-order valence-electron chi connectivity index (χ2n) is 8.86. The van der Waals surface area contributed by atoms with E-state index < -0.39 is 23.8 Å². The number of rotatable bonds is 11. The number of amides is 3. The monoisotopic (exact) mass is 525 g/mol. The van der Waals surface area contributed by atoms with Crippen LogP contribution < -0.4 is 21.5 Å². The third-order valence-corrected chi connectivity index (χ3v) is 6.56. The Morgan fingerprint density at radius 2 is 1.86 bits per heavy atom. The van der Waals surface area contributed by atoms with Gasteiger partial charge < -0.3 is 31.5 Å². The second-order valence-corrected chi connectivity index (χ2v) is 9.64. The van der Waals surface area contributed by atoms with E-state index in [1.54, 1.807) is 6.07 Å². The van der Waals surface area contributed by atoms with E-state index in [4.69, 9.17) is 16.2 Å². The van der Waals surface area contributed by atoms with Gasteiger partial charge in [0.05, 0.1) is 12.8 Å². The van der Waals surface area contributed by atoms with Crippen molar-refractivity contribution in [2.45, 2.75) is 32.9 Å².